The SMILES string of the molecule is COc1ccc([C@@H](C)N2C[C@H]([C@@H](C)Oc3nc(-c4ccc5c(cnn5C(=O)OC(C)(C)C)c4)cc4nc[nH]c34)CC2=O)cc1. The van der Waals surface area contributed by atoms with E-state index in [1.807, 2.05) is 88.0 Å². The first-order valence-electron chi connectivity index (χ1n) is 14.7. The first kappa shape index (κ1) is 29.2. The summed E-state index contributed by atoms with van der Waals surface area (Å²) in [6.07, 6.45) is 2.81. The number of carbonyl (C=O) groups is 2. The summed E-state index contributed by atoms with van der Waals surface area (Å²) >= 11 is 0. The molecule has 1 N–H and O–H groups in total. The maximum Gasteiger partial charge on any atom is 0.435 e. The van der Waals surface area contributed by atoms with Gasteiger partial charge < -0.3 is 24.1 Å². The molecule has 11 nitrogen and oxygen atoms in total. The second-order valence-electron chi connectivity index (χ2n) is 12.2. The van der Waals surface area contributed by atoms with Gasteiger partial charge in [0.1, 0.15) is 23.0 Å². The molecule has 228 valence electrons. The number of H-pyrrole nitrogens is 1. The molecule has 5 aromatic rings. The quantitative estimate of drug-likeness (QED) is 0.237. The van der Waals surface area contributed by atoms with Gasteiger partial charge in [0, 0.05) is 29.8 Å². The third-order valence-corrected chi connectivity index (χ3v) is 8.02. The number of imidazole rings is 1. The van der Waals surface area contributed by atoms with Crippen LogP contribution in [-0.4, -0.2) is 67.0 Å². The van der Waals surface area contributed by atoms with Crippen LogP contribution in [0.1, 0.15) is 52.6 Å². The topological polar surface area (TPSA) is 124 Å². The minimum Gasteiger partial charge on any atom is -0.497 e. The summed E-state index contributed by atoms with van der Waals surface area (Å²) in [5.74, 6) is 1.29. The van der Waals surface area contributed by atoms with E-state index in [1.54, 1.807) is 19.6 Å². The molecule has 1 fully saturated rings. The Hall–Kier alpha value is -4.93. The van der Waals surface area contributed by atoms with Gasteiger partial charge in [-0.05, 0) is 70.5 Å². The lowest BCUT2D eigenvalue weighted by Crippen LogP contribution is -2.31. The van der Waals surface area contributed by atoms with Crippen molar-refractivity contribution in [3.63, 3.8) is 0 Å². The van der Waals surface area contributed by atoms with Crippen LogP contribution in [0.5, 0.6) is 11.6 Å². The number of aromatic amines is 1. The number of fused-ring (bicyclic) bond motifs is 2. The highest BCUT2D eigenvalue weighted by Gasteiger charge is 2.37. The molecule has 1 saturated heterocycles. The number of methoxy groups -OCH3 is 1. The molecular weight excluding hydrogens is 560 g/mol. The van der Waals surface area contributed by atoms with Gasteiger partial charge in [-0.1, -0.05) is 18.2 Å². The maximum absolute atomic E-state index is 13.1. The Balaban J connectivity index is 1.22. The smallest absolute Gasteiger partial charge is 0.435 e. The van der Waals surface area contributed by atoms with E-state index in [4.69, 9.17) is 19.2 Å². The largest absolute Gasteiger partial charge is 0.497 e. The van der Waals surface area contributed by atoms with Gasteiger partial charge in [-0.3, -0.25) is 4.79 Å². The highest BCUT2D eigenvalue weighted by Crippen LogP contribution is 2.34. The van der Waals surface area contributed by atoms with E-state index < -0.39 is 11.7 Å². The van der Waals surface area contributed by atoms with E-state index in [1.165, 1.54) is 4.68 Å². The van der Waals surface area contributed by atoms with Crippen LogP contribution in [0.15, 0.2) is 61.1 Å². The van der Waals surface area contributed by atoms with Crippen LogP contribution in [-0.2, 0) is 9.53 Å². The molecule has 2 aromatic carbocycles. The molecular formula is C33H36N6O5. The Morgan fingerprint density at radius 2 is 1.86 bits per heavy atom. The van der Waals surface area contributed by atoms with Crippen molar-refractivity contribution in [1.82, 2.24) is 29.6 Å². The lowest BCUT2D eigenvalue weighted by Gasteiger charge is -2.26. The summed E-state index contributed by atoms with van der Waals surface area (Å²) in [4.78, 5) is 40.1. The molecule has 3 aromatic heterocycles. The Morgan fingerprint density at radius 3 is 2.59 bits per heavy atom. The predicted molar refractivity (Wildman–Crippen MR) is 166 cm³/mol. The van der Waals surface area contributed by atoms with Crippen molar-refractivity contribution in [1.29, 1.82) is 0 Å². The standard InChI is InChI=1S/C33H36N6O5/c1-19(21-7-10-25(42-6)11-8-21)38-17-24(14-29(38)40)20(2)43-31-30-27(34-18-35-30)15-26(37-31)22-9-12-28-23(13-22)16-36-39(28)32(41)44-33(3,4)5/h7-13,15-16,18-20,24H,14,17H2,1-6H3,(H,34,35)/t19-,20-,24-/m1/s1. The monoisotopic (exact) mass is 596 g/mol. The Labute approximate surface area is 255 Å². The molecule has 11 heteroatoms. The fourth-order valence-corrected chi connectivity index (χ4v) is 5.57. The van der Waals surface area contributed by atoms with Crippen molar-refractivity contribution < 1.29 is 23.8 Å². The minimum atomic E-state index is -0.634. The van der Waals surface area contributed by atoms with Crippen molar-refractivity contribution in [2.45, 2.75) is 58.8 Å². The number of ether oxygens (including phenoxy) is 3. The normalized spacial score (nSPS) is 16.8. The molecule has 0 spiro atoms. The lowest BCUT2D eigenvalue weighted by molar-refractivity contribution is -0.129. The van der Waals surface area contributed by atoms with Crippen molar-refractivity contribution in [3.05, 3.63) is 66.6 Å². The van der Waals surface area contributed by atoms with Crippen molar-refractivity contribution in [2.24, 2.45) is 5.92 Å². The van der Waals surface area contributed by atoms with Crippen LogP contribution in [0.2, 0.25) is 0 Å². The average Bonchev–Trinajstić information content (AvgIpc) is 3.74. The van der Waals surface area contributed by atoms with Crippen LogP contribution < -0.4 is 9.47 Å². The summed E-state index contributed by atoms with van der Waals surface area (Å²) in [5, 5.41) is 5.02. The summed E-state index contributed by atoms with van der Waals surface area (Å²) in [6, 6.07) is 15.3. The number of hydrogen-bond donors (Lipinski definition) is 1. The highest BCUT2D eigenvalue weighted by molar-refractivity contribution is 5.91. The van der Waals surface area contributed by atoms with Gasteiger partial charge in [0.05, 0.1) is 42.4 Å². The highest BCUT2D eigenvalue weighted by atomic mass is 16.6. The minimum absolute atomic E-state index is 0.0123. The zero-order chi connectivity index (χ0) is 31.2. The maximum atomic E-state index is 13.1. The van der Waals surface area contributed by atoms with Gasteiger partial charge in [0.2, 0.25) is 11.8 Å². The van der Waals surface area contributed by atoms with Crippen molar-refractivity contribution >= 4 is 33.9 Å². The number of likely N-dealkylation sites (tertiary alicyclic amines) is 1. The van der Waals surface area contributed by atoms with Gasteiger partial charge in [0.15, 0.2) is 0 Å². The predicted octanol–water partition coefficient (Wildman–Crippen LogP) is 6.14. The first-order valence-corrected chi connectivity index (χ1v) is 14.7. The molecule has 0 unspecified atom stereocenters. The number of hydrogen-bond acceptors (Lipinski definition) is 8. The Morgan fingerprint density at radius 1 is 1.09 bits per heavy atom. The number of rotatable bonds is 7. The number of aromatic nitrogens is 5. The van der Waals surface area contributed by atoms with Crippen molar-refractivity contribution in [3.8, 4) is 22.9 Å². The average molecular weight is 597 g/mol. The fraction of sp³-hybridized carbons (Fsp3) is 0.364. The molecule has 6 rings (SSSR count). The molecule has 1 aliphatic rings. The lowest BCUT2D eigenvalue weighted by atomic mass is 10.0. The van der Waals surface area contributed by atoms with Crippen LogP contribution in [0.4, 0.5) is 4.79 Å². The zero-order valence-corrected chi connectivity index (χ0v) is 25.7. The van der Waals surface area contributed by atoms with Crippen molar-refractivity contribution in [2.75, 3.05) is 13.7 Å². The summed E-state index contributed by atoms with van der Waals surface area (Å²) in [6.45, 7) is 10.0. The molecule has 0 aliphatic carbocycles. The number of amides is 1. The molecule has 1 amide bonds. The van der Waals surface area contributed by atoms with E-state index in [-0.39, 0.29) is 24.0 Å². The molecule has 1 aliphatic heterocycles. The summed E-state index contributed by atoms with van der Waals surface area (Å²) < 4.78 is 18.5. The first-order chi connectivity index (χ1) is 21.0. The molecule has 0 radical (unpaired) electrons. The molecule has 0 bridgehead atoms. The van der Waals surface area contributed by atoms with E-state index in [0.29, 0.717) is 41.1 Å². The van der Waals surface area contributed by atoms with E-state index in [9.17, 15) is 9.59 Å². The second kappa shape index (κ2) is 11.3. The van der Waals surface area contributed by atoms with Gasteiger partial charge in [0.25, 0.3) is 0 Å². The fourth-order valence-electron chi connectivity index (χ4n) is 5.57. The number of carbonyl (C=O) groups excluding carboxylic acids is 2. The number of nitrogens with one attached hydrogen (secondary N) is 1. The molecule has 44 heavy (non-hydrogen) atoms. The van der Waals surface area contributed by atoms with Crippen LogP contribution >= 0.6 is 0 Å². The van der Waals surface area contributed by atoms with Gasteiger partial charge >= 0.3 is 6.09 Å². The Bertz CT molecular complexity index is 1840. The van der Waals surface area contributed by atoms with Crippen LogP contribution in [0.25, 0.3) is 33.2 Å². The van der Waals surface area contributed by atoms with E-state index >= 15 is 0 Å². The molecule has 4 heterocycles. The summed E-state index contributed by atoms with van der Waals surface area (Å²) in [5.41, 5.74) is 3.93. The zero-order valence-electron chi connectivity index (χ0n) is 25.7. The Kier molecular flexibility index (Phi) is 7.48. The third-order valence-electron chi connectivity index (χ3n) is 8.02. The second-order valence-corrected chi connectivity index (χ2v) is 12.2. The molecule has 3 atom stereocenters. The molecule has 0 saturated carbocycles. The third kappa shape index (κ3) is 5.69. The number of pyridine rings is 1. The summed E-state index contributed by atoms with van der Waals surface area (Å²) in [7, 11) is 1.64. The van der Waals surface area contributed by atoms with Gasteiger partial charge in [-0.2, -0.15) is 9.78 Å². The van der Waals surface area contributed by atoms with Crippen LogP contribution in [0, 0.1) is 5.92 Å². The number of benzene rings is 2. The number of nitrogens with zero attached hydrogens (tertiary/aromatic N) is 5. The van der Waals surface area contributed by atoms with E-state index in [2.05, 4.69) is 15.1 Å². The van der Waals surface area contributed by atoms with Gasteiger partial charge in [-0.25, -0.2) is 14.8 Å². The van der Waals surface area contributed by atoms with Gasteiger partial charge in [-0.15, -0.1) is 0 Å². The van der Waals surface area contributed by atoms with E-state index in [0.717, 1.165) is 22.3 Å². The van der Waals surface area contributed by atoms with Crippen LogP contribution in [0.3, 0.4) is 0 Å².